The van der Waals surface area contributed by atoms with Crippen molar-refractivity contribution in [2.45, 2.75) is 27.7 Å². The van der Waals surface area contributed by atoms with E-state index in [1.807, 2.05) is 0 Å². The normalized spacial score (nSPS) is 5.65. The topological polar surface area (TPSA) is 213 Å². The van der Waals surface area contributed by atoms with Crippen molar-refractivity contribution in [1.82, 2.24) is 0 Å². The third-order valence-corrected chi connectivity index (χ3v) is 0.167. The van der Waals surface area contributed by atoms with E-state index in [2.05, 4.69) is 0 Å². The van der Waals surface area contributed by atoms with E-state index < -0.39 is 23.9 Å². The second-order valence-electron chi connectivity index (χ2n) is 2.54. The van der Waals surface area contributed by atoms with Gasteiger partial charge in [0.1, 0.15) is 0 Å². The molecule has 13 heteroatoms. The molecule has 0 aliphatic rings. The fourth-order valence-electron chi connectivity index (χ4n) is 0. The maximum atomic E-state index is 8.89. The van der Waals surface area contributed by atoms with Crippen LogP contribution in [0.5, 0.6) is 0 Å². The molecule has 0 heterocycles. The van der Waals surface area contributed by atoms with Gasteiger partial charge in [0, 0.05) is 37.0 Å². The molecule has 4 N–H and O–H groups in total. The van der Waals surface area contributed by atoms with Gasteiger partial charge in [0.25, 0.3) is 0 Å². The third-order valence-electron chi connectivity index (χ3n) is 0.167. The fraction of sp³-hybridized carbons (Fsp3) is 0.600. The van der Waals surface area contributed by atoms with Crippen LogP contribution in [0, 0.1) is 0 Å². The van der Waals surface area contributed by atoms with Gasteiger partial charge in [-0.3, -0.25) is 0 Å². The molecule has 0 rings (SSSR count). The van der Waals surface area contributed by atoms with Crippen molar-refractivity contribution in [3.05, 3.63) is 0 Å². The van der Waals surface area contributed by atoms with E-state index in [9.17, 15) is 0 Å². The van der Waals surface area contributed by atoms with Crippen molar-refractivity contribution in [2.75, 3.05) is 13.1 Å². The number of aliphatic carboxylic acids is 4. The molecule has 0 saturated carbocycles. The fourth-order valence-corrected chi connectivity index (χ4v) is 0. The summed E-state index contributed by atoms with van der Waals surface area (Å²) in [6.07, 6.45) is 0. The van der Waals surface area contributed by atoms with Gasteiger partial charge in [-0.2, -0.15) is 0 Å². The molecule has 0 aromatic carbocycles. The van der Waals surface area contributed by atoms with Crippen LogP contribution in [0.25, 0.3) is 0 Å². The van der Waals surface area contributed by atoms with Crippen LogP contribution in [-0.4, -0.2) is 60.0 Å². The molecule has 0 spiro atoms. The van der Waals surface area contributed by atoms with Crippen molar-refractivity contribution in [2.24, 2.45) is 11.5 Å². The Kier molecular flexibility index (Phi) is 107. The summed E-state index contributed by atoms with van der Waals surface area (Å²) < 4.78 is 0. The SMILES string of the molecule is CC(=O)[O-].CC(=O)[O-].CC(=O)[O-].CC(=O)[O-].NCCN.[Mg+2].[Na+].[Na+]. The summed E-state index contributed by atoms with van der Waals surface area (Å²) >= 11 is 0. The molecule has 122 valence electrons. The van der Waals surface area contributed by atoms with Crippen molar-refractivity contribution < 1.29 is 98.7 Å². The van der Waals surface area contributed by atoms with Gasteiger partial charge in [-0.25, -0.2) is 0 Å². The summed E-state index contributed by atoms with van der Waals surface area (Å²) in [6, 6.07) is 0. The minimum Gasteiger partial charge on any atom is -0.550 e. The first-order valence-electron chi connectivity index (χ1n) is 4.95. The summed E-state index contributed by atoms with van der Waals surface area (Å²) in [6.45, 7) is 5.08. The summed E-state index contributed by atoms with van der Waals surface area (Å²) in [5.41, 5.74) is 9.81. The van der Waals surface area contributed by atoms with Gasteiger partial charge in [0.2, 0.25) is 0 Å². The van der Waals surface area contributed by atoms with Crippen LogP contribution in [0.2, 0.25) is 0 Å². The predicted octanol–water partition coefficient (Wildman–Crippen LogP) is -12.4. The summed E-state index contributed by atoms with van der Waals surface area (Å²) in [7, 11) is 0. The first-order chi connectivity index (χ1) is 8.84. The van der Waals surface area contributed by atoms with Gasteiger partial charge in [-0.15, -0.1) is 0 Å². The zero-order chi connectivity index (χ0) is 17.7. The summed E-state index contributed by atoms with van der Waals surface area (Å²) in [5, 5.41) is 35.6. The molecule has 0 unspecified atom stereocenters. The van der Waals surface area contributed by atoms with Crippen molar-refractivity contribution in [1.29, 1.82) is 0 Å². The molecular formula is C10H20MgN2Na2O8. The van der Waals surface area contributed by atoms with Gasteiger partial charge in [0.15, 0.2) is 0 Å². The van der Waals surface area contributed by atoms with Crippen LogP contribution in [0.4, 0.5) is 0 Å². The Labute approximate surface area is 196 Å². The van der Waals surface area contributed by atoms with E-state index in [4.69, 9.17) is 51.1 Å². The monoisotopic (exact) mass is 366 g/mol. The Hall–Kier alpha value is 0.566. The number of hydrogen-bond acceptors (Lipinski definition) is 10. The molecule has 0 saturated heterocycles. The molecule has 0 aliphatic carbocycles. The molecule has 0 amide bonds. The molecule has 0 radical (unpaired) electrons. The number of carboxylic acid groups (broad SMARTS) is 4. The number of rotatable bonds is 1. The standard InChI is InChI=1S/C2H8N2.4C2H4O2.Mg.2Na/c3-1-2-4;4*1-2(3)4;;;/h1-4H2;4*1H3,(H,3,4);;;/q;;;;;+2;2*+1/p-4. The van der Waals surface area contributed by atoms with Crippen molar-refractivity contribution in [3.8, 4) is 0 Å². The molecule has 0 aromatic heterocycles. The molecule has 10 nitrogen and oxygen atoms in total. The molecule has 23 heavy (non-hydrogen) atoms. The smallest absolute Gasteiger partial charge is 0.550 e. The van der Waals surface area contributed by atoms with Gasteiger partial charge >= 0.3 is 82.2 Å². The second kappa shape index (κ2) is 49.5. The van der Waals surface area contributed by atoms with E-state index in [0.29, 0.717) is 13.1 Å². The number of carboxylic acids is 4. The zero-order valence-corrected chi connectivity index (χ0v) is 20.0. The Morgan fingerprint density at radius 1 is 0.609 bits per heavy atom. The number of carbonyl (C=O) groups is 4. The van der Waals surface area contributed by atoms with Crippen molar-refractivity contribution >= 4 is 46.9 Å². The maximum absolute atomic E-state index is 8.89. The van der Waals surface area contributed by atoms with E-state index in [1.165, 1.54) is 0 Å². The molecule has 0 fully saturated rings. The zero-order valence-electron chi connectivity index (χ0n) is 14.5. The first kappa shape index (κ1) is 49.5. The average Bonchev–Trinajstić information content (AvgIpc) is 2.13. The second-order valence-corrected chi connectivity index (χ2v) is 2.54. The third kappa shape index (κ3) is 3890. The van der Waals surface area contributed by atoms with Crippen LogP contribution in [-0.2, 0) is 19.2 Å². The number of nitrogens with two attached hydrogens (primary N) is 2. The van der Waals surface area contributed by atoms with Gasteiger partial charge in [-0.1, -0.05) is 0 Å². The molecule has 0 aliphatic heterocycles. The molecular weight excluding hydrogens is 346 g/mol. The summed E-state index contributed by atoms with van der Waals surface area (Å²) in [5.74, 6) is -4.33. The Morgan fingerprint density at radius 2 is 0.652 bits per heavy atom. The quantitative estimate of drug-likeness (QED) is 0.418. The summed E-state index contributed by atoms with van der Waals surface area (Å²) in [4.78, 5) is 35.6. The Morgan fingerprint density at radius 3 is 0.652 bits per heavy atom. The van der Waals surface area contributed by atoms with Crippen LogP contribution < -0.4 is 91.0 Å². The van der Waals surface area contributed by atoms with Crippen LogP contribution in [0.15, 0.2) is 0 Å². The van der Waals surface area contributed by atoms with Gasteiger partial charge in [0.05, 0.1) is 0 Å². The average molecular weight is 367 g/mol. The predicted molar refractivity (Wildman–Crippen MR) is 66.6 cm³/mol. The molecule has 0 atom stereocenters. The number of hydrogen-bond donors (Lipinski definition) is 2. The van der Waals surface area contributed by atoms with E-state index >= 15 is 0 Å². The van der Waals surface area contributed by atoms with Crippen LogP contribution in [0.1, 0.15) is 27.7 Å². The Bertz CT molecular complexity index is 205. The van der Waals surface area contributed by atoms with E-state index in [-0.39, 0.29) is 82.2 Å². The molecule has 0 aromatic rings. The van der Waals surface area contributed by atoms with Crippen LogP contribution in [0.3, 0.4) is 0 Å². The van der Waals surface area contributed by atoms with Crippen LogP contribution >= 0.6 is 0 Å². The minimum absolute atomic E-state index is 0. The van der Waals surface area contributed by atoms with Gasteiger partial charge < -0.3 is 51.1 Å². The van der Waals surface area contributed by atoms with E-state index in [1.54, 1.807) is 0 Å². The first-order valence-corrected chi connectivity index (χ1v) is 4.95. The van der Waals surface area contributed by atoms with Gasteiger partial charge in [-0.05, 0) is 27.7 Å². The van der Waals surface area contributed by atoms with E-state index in [0.717, 1.165) is 27.7 Å². The maximum Gasteiger partial charge on any atom is 2.00 e. The number of carbonyl (C=O) groups excluding carboxylic acids is 4. The molecule has 0 bridgehead atoms. The largest absolute Gasteiger partial charge is 2.00 e. The minimum atomic E-state index is -1.08. The Balaban J connectivity index is -0.0000000197. The van der Waals surface area contributed by atoms with Crippen molar-refractivity contribution in [3.63, 3.8) is 0 Å².